The van der Waals surface area contributed by atoms with Crippen LogP contribution in [-0.2, 0) is 9.47 Å². The van der Waals surface area contributed by atoms with Crippen LogP contribution in [0.2, 0.25) is 0 Å². The molecule has 0 fully saturated rings. The van der Waals surface area contributed by atoms with Gasteiger partial charge in [0.25, 0.3) is 0 Å². The number of rotatable bonds is 5. The number of alkyl carbamates (subject to hydrolysis) is 1. The Bertz CT molecular complexity index is 404. The SMILES string of the molecule is CCOCCOC(=O)NC(=N)c1ccc(N)cc1. The highest BCUT2D eigenvalue weighted by Crippen LogP contribution is 2.05. The molecule has 1 rings (SSSR count). The number of hydrogen-bond donors (Lipinski definition) is 3. The molecule has 18 heavy (non-hydrogen) atoms. The number of hydrogen-bond acceptors (Lipinski definition) is 5. The van der Waals surface area contributed by atoms with Crippen molar-refractivity contribution in [1.29, 1.82) is 5.41 Å². The van der Waals surface area contributed by atoms with Gasteiger partial charge in [0.2, 0.25) is 0 Å². The summed E-state index contributed by atoms with van der Waals surface area (Å²) in [5.41, 5.74) is 6.69. The molecule has 0 heterocycles. The van der Waals surface area contributed by atoms with Crippen molar-refractivity contribution >= 4 is 17.6 Å². The maximum absolute atomic E-state index is 11.3. The van der Waals surface area contributed by atoms with E-state index < -0.39 is 6.09 Å². The van der Waals surface area contributed by atoms with Gasteiger partial charge in [-0.3, -0.25) is 10.7 Å². The van der Waals surface area contributed by atoms with Crippen molar-refractivity contribution in [3.8, 4) is 0 Å². The molecule has 0 spiro atoms. The van der Waals surface area contributed by atoms with E-state index >= 15 is 0 Å². The Morgan fingerprint density at radius 3 is 2.61 bits per heavy atom. The summed E-state index contributed by atoms with van der Waals surface area (Å²) in [7, 11) is 0. The maximum atomic E-state index is 11.3. The lowest BCUT2D eigenvalue weighted by atomic mass is 10.2. The summed E-state index contributed by atoms with van der Waals surface area (Å²) in [4.78, 5) is 11.3. The smallest absolute Gasteiger partial charge is 0.412 e. The molecule has 0 aliphatic carbocycles. The first-order valence-corrected chi connectivity index (χ1v) is 5.59. The van der Waals surface area contributed by atoms with Gasteiger partial charge < -0.3 is 15.2 Å². The molecule has 98 valence electrons. The number of ether oxygens (including phenoxy) is 2. The zero-order valence-electron chi connectivity index (χ0n) is 10.2. The van der Waals surface area contributed by atoms with Gasteiger partial charge in [-0.15, -0.1) is 0 Å². The molecular weight excluding hydrogens is 234 g/mol. The Morgan fingerprint density at radius 1 is 1.33 bits per heavy atom. The molecule has 0 aliphatic heterocycles. The summed E-state index contributed by atoms with van der Waals surface area (Å²) < 4.78 is 9.83. The number of anilines is 1. The summed E-state index contributed by atoms with van der Waals surface area (Å²) in [5.74, 6) is -0.0311. The third-order valence-corrected chi connectivity index (χ3v) is 2.09. The van der Waals surface area contributed by atoms with E-state index in [1.807, 2.05) is 6.92 Å². The molecule has 0 bridgehead atoms. The monoisotopic (exact) mass is 251 g/mol. The molecule has 1 amide bonds. The summed E-state index contributed by atoms with van der Waals surface area (Å²) in [5, 5.41) is 9.98. The van der Waals surface area contributed by atoms with Crippen LogP contribution in [0.1, 0.15) is 12.5 Å². The molecule has 0 aliphatic rings. The van der Waals surface area contributed by atoms with Crippen molar-refractivity contribution in [3.05, 3.63) is 29.8 Å². The molecule has 6 nitrogen and oxygen atoms in total. The Morgan fingerprint density at radius 2 is 2.00 bits per heavy atom. The van der Waals surface area contributed by atoms with Gasteiger partial charge in [-0.2, -0.15) is 0 Å². The van der Waals surface area contributed by atoms with Crippen LogP contribution in [0.5, 0.6) is 0 Å². The predicted molar refractivity (Wildman–Crippen MR) is 68.7 cm³/mol. The van der Waals surface area contributed by atoms with E-state index in [9.17, 15) is 4.79 Å². The fourth-order valence-electron chi connectivity index (χ4n) is 1.20. The molecule has 0 aromatic heterocycles. The van der Waals surface area contributed by atoms with Gasteiger partial charge in [0.05, 0.1) is 6.61 Å². The second-order valence-corrected chi connectivity index (χ2v) is 3.45. The van der Waals surface area contributed by atoms with Gasteiger partial charge in [-0.25, -0.2) is 4.79 Å². The number of carbonyl (C=O) groups excluding carboxylic acids is 1. The van der Waals surface area contributed by atoms with Gasteiger partial charge in [0, 0.05) is 17.9 Å². The molecular formula is C12H17N3O3. The number of nitrogens with one attached hydrogen (secondary N) is 2. The highest BCUT2D eigenvalue weighted by molar-refractivity contribution is 6.04. The maximum Gasteiger partial charge on any atom is 0.412 e. The quantitative estimate of drug-likeness (QED) is 0.318. The summed E-state index contributed by atoms with van der Waals surface area (Å²) in [6, 6.07) is 6.62. The molecule has 1 aromatic rings. The number of nitrogen functional groups attached to an aromatic ring is 1. The van der Waals surface area contributed by atoms with E-state index in [0.29, 0.717) is 24.5 Å². The highest BCUT2D eigenvalue weighted by Gasteiger charge is 2.07. The Labute approximate surface area is 106 Å². The Hall–Kier alpha value is -2.08. The van der Waals surface area contributed by atoms with Gasteiger partial charge in [0.1, 0.15) is 12.4 Å². The first-order chi connectivity index (χ1) is 8.63. The minimum absolute atomic E-state index is 0.0311. The Kier molecular flexibility index (Phi) is 5.66. The topological polar surface area (TPSA) is 97.4 Å². The first kappa shape index (κ1) is 14.0. The lowest BCUT2D eigenvalue weighted by Gasteiger charge is -2.08. The van der Waals surface area contributed by atoms with Crippen LogP contribution in [0.3, 0.4) is 0 Å². The third-order valence-electron chi connectivity index (χ3n) is 2.09. The van der Waals surface area contributed by atoms with Gasteiger partial charge >= 0.3 is 6.09 Å². The lowest BCUT2D eigenvalue weighted by Crippen LogP contribution is -2.31. The van der Waals surface area contributed by atoms with Crippen LogP contribution in [0.4, 0.5) is 10.5 Å². The van der Waals surface area contributed by atoms with E-state index in [-0.39, 0.29) is 12.4 Å². The van der Waals surface area contributed by atoms with Crippen molar-refractivity contribution in [2.24, 2.45) is 0 Å². The van der Waals surface area contributed by atoms with Crippen molar-refractivity contribution in [2.75, 3.05) is 25.6 Å². The van der Waals surface area contributed by atoms with Crippen molar-refractivity contribution in [1.82, 2.24) is 5.32 Å². The van der Waals surface area contributed by atoms with Crippen molar-refractivity contribution < 1.29 is 14.3 Å². The lowest BCUT2D eigenvalue weighted by molar-refractivity contribution is 0.0810. The molecule has 0 radical (unpaired) electrons. The summed E-state index contributed by atoms with van der Waals surface area (Å²) in [6.07, 6.45) is -0.670. The van der Waals surface area contributed by atoms with Crippen LogP contribution in [0.15, 0.2) is 24.3 Å². The van der Waals surface area contributed by atoms with Crippen LogP contribution in [0, 0.1) is 5.41 Å². The third kappa shape index (κ3) is 4.84. The average molecular weight is 251 g/mol. The second kappa shape index (κ2) is 7.29. The minimum Gasteiger partial charge on any atom is -0.447 e. The van der Waals surface area contributed by atoms with E-state index in [1.54, 1.807) is 24.3 Å². The van der Waals surface area contributed by atoms with E-state index in [2.05, 4.69) is 5.32 Å². The fourth-order valence-corrected chi connectivity index (χ4v) is 1.20. The minimum atomic E-state index is -0.670. The number of benzene rings is 1. The van der Waals surface area contributed by atoms with E-state index in [0.717, 1.165) is 0 Å². The molecule has 0 unspecified atom stereocenters. The predicted octanol–water partition coefficient (Wildman–Crippen LogP) is 1.36. The second-order valence-electron chi connectivity index (χ2n) is 3.45. The average Bonchev–Trinajstić information content (AvgIpc) is 2.35. The van der Waals surface area contributed by atoms with Gasteiger partial charge in [-0.05, 0) is 31.2 Å². The largest absolute Gasteiger partial charge is 0.447 e. The number of nitrogens with two attached hydrogens (primary N) is 1. The molecule has 0 saturated carbocycles. The van der Waals surface area contributed by atoms with Crippen molar-refractivity contribution in [3.63, 3.8) is 0 Å². The van der Waals surface area contributed by atoms with E-state index in [1.165, 1.54) is 0 Å². The molecule has 0 atom stereocenters. The normalized spacial score (nSPS) is 9.83. The zero-order valence-corrected chi connectivity index (χ0v) is 10.2. The summed E-state index contributed by atoms with van der Waals surface area (Å²) >= 11 is 0. The molecule has 6 heteroatoms. The Balaban J connectivity index is 2.35. The number of amides is 1. The number of carbonyl (C=O) groups is 1. The van der Waals surface area contributed by atoms with Crippen LogP contribution in [-0.4, -0.2) is 31.7 Å². The van der Waals surface area contributed by atoms with Crippen LogP contribution < -0.4 is 11.1 Å². The van der Waals surface area contributed by atoms with Crippen molar-refractivity contribution in [2.45, 2.75) is 6.92 Å². The van der Waals surface area contributed by atoms with Crippen LogP contribution in [0.25, 0.3) is 0 Å². The van der Waals surface area contributed by atoms with Gasteiger partial charge in [0.15, 0.2) is 0 Å². The first-order valence-electron chi connectivity index (χ1n) is 5.59. The number of amidine groups is 1. The standard InChI is InChI=1S/C12H17N3O3/c1-2-17-7-8-18-12(16)15-11(14)9-3-5-10(13)6-4-9/h3-6H,2,7-8,13H2,1H3,(H2,14,15,16). The van der Waals surface area contributed by atoms with E-state index in [4.69, 9.17) is 20.6 Å². The summed E-state index contributed by atoms with van der Waals surface area (Å²) in [6.45, 7) is 2.94. The molecule has 1 aromatic carbocycles. The molecule has 4 N–H and O–H groups in total. The zero-order chi connectivity index (χ0) is 13.4. The van der Waals surface area contributed by atoms with Crippen LogP contribution >= 0.6 is 0 Å². The molecule has 0 saturated heterocycles. The fraction of sp³-hybridized carbons (Fsp3) is 0.333. The van der Waals surface area contributed by atoms with Gasteiger partial charge in [-0.1, -0.05) is 0 Å². The highest BCUT2D eigenvalue weighted by atomic mass is 16.6.